The third-order valence-corrected chi connectivity index (χ3v) is 9.13. The molecular formula is C38H51F3N2O. The van der Waals surface area contributed by atoms with Gasteiger partial charge >= 0.3 is 6.18 Å². The molecule has 3 nitrogen and oxygen atoms in total. The van der Waals surface area contributed by atoms with Gasteiger partial charge in [-0.1, -0.05) is 100 Å². The summed E-state index contributed by atoms with van der Waals surface area (Å²) in [6.07, 6.45) is 3.74. The van der Waals surface area contributed by atoms with Crippen molar-refractivity contribution in [3.63, 3.8) is 0 Å². The van der Waals surface area contributed by atoms with Crippen LogP contribution >= 0.6 is 0 Å². The van der Waals surface area contributed by atoms with Crippen LogP contribution in [-0.4, -0.2) is 34.8 Å². The van der Waals surface area contributed by atoms with E-state index in [-0.39, 0.29) is 25.9 Å². The first-order valence-electron chi connectivity index (χ1n) is 15.9. The van der Waals surface area contributed by atoms with Crippen LogP contribution in [-0.2, 0) is 24.1 Å². The first kappa shape index (κ1) is 35.4. The average Bonchev–Trinajstić information content (AvgIpc) is 2.99. The van der Waals surface area contributed by atoms with Gasteiger partial charge in [-0.3, -0.25) is 9.69 Å². The molecule has 5 rings (SSSR count). The minimum absolute atomic E-state index is 0. The van der Waals surface area contributed by atoms with E-state index in [4.69, 9.17) is 0 Å². The summed E-state index contributed by atoms with van der Waals surface area (Å²) < 4.78 is 39.6. The molecule has 0 spiro atoms. The molecule has 2 heterocycles. The summed E-state index contributed by atoms with van der Waals surface area (Å²) in [6, 6.07) is 13.6. The van der Waals surface area contributed by atoms with E-state index in [0.717, 1.165) is 92.5 Å². The fourth-order valence-corrected chi connectivity index (χ4v) is 6.83. The third kappa shape index (κ3) is 8.53. The highest BCUT2D eigenvalue weighted by molar-refractivity contribution is 5.95. The maximum atomic E-state index is 14.5. The van der Waals surface area contributed by atoms with E-state index >= 15 is 0 Å². The van der Waals surface area contributed by atoms with Gasteiger partial charge in [-0.05, 0) is 80.2 Å². The monoisotopic (exact) mass is 608 g/mol. The zero-order valence-electron chi connectivity index (χ0n) is 26.1. The van der Waals surface area contributed by atoms with Crippen LogP contribution in [0.1, 0.15) is 102 Å². The Kier molecular flexibility index (Phi) is 12.7. The quantitative estimate of drug-likeness (QED) is 0.315. The van der Waals surface area contributed by atoms with Crippen LogP contribution in [0, 0.1) is 5.92 Å². The van der Waals surface area contributed by atoms with E-state index in [2.05, 4.69) is 42.3 Å². The number of alkyl halides is 3. The lowest BCUT2D eigenvalue weighted by Crippen LogP contribution is -2.47. The molecular weight excluding hydrogens is 557 g/mol. The Bertz CT molecular complexity index is 1320. The van der Waals surface area contributed by atoms with Gasteiger partial charge < -0.3 is 4.90 Å². The first-order chi connectivity index (χ1) is 20.6. The smallest absolute Gasteiger partial charge is 0.328 e. The maximum Gasteiger partial charge on any atom is 0.416 e. The molecule has 0 saturated heterocycles. The van der Waals surface area contributed by atoms with Gasteiger partial charge in [-0.2, -0.15) is 13.2 Å². The Morgan fingerprint density at radius 3 is 2.34 bits per heavy atom. The molecule has 2 aliphatic heterocycles. The number of rotatable bonds is 5. The predicted molar refractivity (Wildman–Crippen MR) is 177 cm³/mol. The SMILES string of the molecule is C.C=C(C)c1cccc(CN2CCC3=C(C2)C(=O)N(Cc2ccc(C(F)(F)F)cc2)C2CCC3CCCCCC2=C)c1.CC. The molecule has 2 unspecified atom stereocenters. The standard InChI is InChI=1S/C35H41F3N2O.C2H6.CH4/c1-24(2)29-11-7-9-27(20-29)21-39-19-18-31-28-10-6-4-5-8-25(3)33(17-14-28)40(34(41)32(31)23-39)22-26-12-15-30(16-13-26)35(36,37)38;1-2;/h7,9,11-13,15-16,20,28,33H,1,3-6,8,10,14,17-19,21-23H2,2H3;1-2H3;1H4. The number of allylic oxidation sites excluding steroid dienone is 1. The normalized spacial score (nSPS) is 21.4. The van der Waals surface area contributed by atoms with Crippen LogP contribution < -0.4 is 0 Å². The average molecular weight is 609 g/mol. The Hall–Kier alpha value is -3.12. The summed E-state index contributed by atoms with van der Waals surface area (Å²) in [4.78, 5) is 18.8. The molecule has 0 N–H and O–H groups in total. The molecule has 44 heavy (non-hydrogen) atoms. The number of hydrogen-bond donors (Lipinski definition) is 0. The van der Waals surface area contributed by atoms with E-state index in [9.17, 15) is 18.0 Å². The predicted octanol–water partition coefficient (Wildman–Crippen LogP) is 10.2. The zero-order valence-corrected chi connectivity index (χ0v) is 26.1. The second-order valence-corrected chi connectivity index (χ2v) is 12.1. The number of fused-ring (bicyclic) bond motifs is 4. The van der Waals surface area contributed by atoms with Crippen LogP contribution in [0.5, 0.6) is 0 Å². The summed E-state index contributed by atoms with van der Waals surface area (Å²) >= 11 is 0. The number of carbonyl (C=O) groups excluding carboxylic acids is 1. The van der Waals surface area contributed by atoms with Gasteiger partial charge in [-0.25, -0.2) is 0 Å². The summed E-state index contributed by atoms with van der Waals surface area (Å²) in [7, 11) is 0. The largest absolute Gasteiger partial charge is 0.416 e. The molecule has 2 aromatic carbocycles. The van der Waals surface area contributed by atoms with Crippen molar-refractivity contribution in [1.82, 2.24) is 9.80 Å². The Morgan fingerprint density at radius 2 is 1.66 bits per heavy atom. The van der Waals surface area contributed by atoms with Crippen molar-refractivity contribution in [2.24, 2.45) is 5.92 Å². The highest BCUT2D eigenvalue weighted by Crippen LogP contribution is 2.39. The highest BCUT2D eigenvalue weighted by atomic mass is 19.4. The number of hydrogen-bond acceptors (Lipinski definition) is 2. The van der Waals surface area contributed by atoms with E-state index < -0.39 is 11.7 Å². The summed E-state index contributed by atoms with van der Waals surface area (Å²) in [5, 5.41) is 0. The van der Waals surface area contributed by atoms with Crippen LogP contribution in [0.4, 0.5) is 13.2 Å². The number of amides is 1. The Morgan fingerprint density at radius 1 is 0.932 bits per heavy atom. The number of carbonyl (C=O) groups is 1. The lowest BCUT2D eigenvalue weighted by atomic mass is 9.77. The summed E-state index contributed by atoms with van der Waals surface area (Å²) in [5.74, 6) is 0.432. The highest BCUT2D eigenvalue weighted by Gasteiger charge is 2.37. The summed E-state index contributed by atoms with van der Waals surface area (Å²) in [6.45, 7) is 17.1. The van der Waals surface area contributed by atoms with Crippen molar-refractivity contribution < 1.29 is 18.0 Å². The Labute approximate surface area is 263 Å². The van der Waals surface area contributed by atoms with Crippen LogP contribution in [0.2, 0.25) is 0 Å². The van der Waals surface area contributed by atoms with Gasteiger partial charge in [0.2, 0.25) is 0 Å². The molecule has 2 atom stereocenters. The molecule has 6 heteroatoms. The van der Waals surface area contributed by atoms with E-state index in [0.29, 0.717) is 18.0 Å². The van der Waals surface area contributed by atoms with Gasteiger partial charge in [0.1, 0.15) is 0 Å². The molecule has 1 fully saturated rings. The van der Waals surface area contributed by atoms with E-state index in [1.54, 1.807) is 0 Å². The van der Waals surface area contributed by atoms with Crippen molar-refractivity contribution in [2.75, 3.05) is 13.1 Å². The summed E-state index contributed by atoms with van der Waals surface area (Å²) in [5.41, 5.74) is 6.66. The fraction of sp³-hybridized carbons (Fsp3) is 0.500. The van der Waals surface area contributed by atoms with E-state index in [1.165, 1.54) is 29.7 Å². The molecule has 1 saturated carbocycles. The zero-order chi connectivity index (χ0) is 31.1. The van der Waals surface area contributed by atoms with Crippen LogP contribution in [0.15, 0.2) is 78.4 Å². The van der Waals surface area contributed by atoms with Crippen molar-refractivity contribution in [3.8, 4) is 0 Å². The van der Waals surface area contributed by atoms with Gasteiger partial charge in [0.05, 0.1) is 11.6 Å². The third-order valence-electron chi connectivity index (χ3n) is 9.13. The van der Waals surface area contributed by atoms with Crippen molar-refractivity contribution in [1.29, 1.82) is 0 Å². The lowest BCUT2D eigenvalue weighted by molar-refractivity contribution is -0.137. The molecule has 2 bridgehead atoms. The van der Waals surface area contributed by atoms with Crippen molar-refractivity contribution in [2.45, 2.75) is 105 Å². The molecule has 3 aliphatic rings. The first-order valence-corrected chi connectivity index (χ1v) is 15.9. The van der Waals surface area contributed by atoms with Gasteiger partial charge in [0, 0.05) is 31.8 Å². The molecule has 0 radical (unpaired) electrons. The Balaban J connectivity index is 0.00000173. The maximum absolute atomic E-state index is 14.5. The van der Waals surface area contributed by atoms with E-state index in [1.807, 2.05) is 25.7 Å². The number of halogens is 3. The molecule has 2 aromatic rings. The fourth-order valence-electron chi connectivity index (χ4n) is 6.83. The minimum Gasteiger partial charge on any atom is -0.328 e. The van der Waals surface area contributed by atoms with Gasteiger partial charge in [-0.15, -0.1) is 0 Å². The topological polar surface area (TPSA) is 23.6 Å². The molecule has 0 aromatic heterocycles. The van der Waals surface area contributed by atoms with Gasteiger partial charge in [0.15, 0.2) is 0 Å². The number of benzene rings is 2. The minimum atomic E-state index is -4.39. The van der Waals surface area contributed by atoms with Crippen LogP contribution in [0.25, 0.3) is 5.57 Å². The molecule has 1 aliphatic carbocycles. The van der Waals surface area contributed by atoms with Crippen molar-refractivity contribution in [3.05, 3.63) is 101 Å². The molecule has 240 valence electrons. The second kappa shape index (κ2) is 15.7. The van der Waals surface area contributed by atoms with Gasteiger partial charge in [0.25, 0.3) is 5.91 Å². The molecule has 1 amide bonds. The van der Waals surface area contributed by atoms with Crippen molar-refractivity contribution >= 4 is 11.5 Å². The second-order valence-electron chi connectivity index (χ2n) is 12.1. The van der Waals surface area contributed by atoms with Crippen LogP contribution in [0.3, 0.4) is 0 Å². The number of nitrogens with zero attached hydrogens (tertiary/aromatic N) is 2. The lowest BCUT2D eigenvalue weighted by Gasteiger charge is -2.42.